The van der Waals surface area contributed by atoms with Crippen molar-refractivity contribution in [2.75, 3.05) is 13.2 Å². The molecule has 0 spiro atoms. The summed E-state index contributed by atoms with van der Waals surface area (Å²) in [6.07, 6.45) is 0. The van der Waals surface area contributed by atoms with Gasteiger partial charge in [0.05, 0.1) is 24.2 Å². The van der Waals surface area contributed by atoms with E-state index in [0.29, 0.717) is 5.25 Å². The molecule has 1 aromatic rings. The minimum atomic E-state index is -0.978. The molecule has 0 saturated carbocycles. The van der Waals surface area contributed by atoms with E-state index in [0.717, 1.165) is 24.7 Å². The Labute approximate surface area is 91.7 Å². The number of aromatic nitrogens is 1. The molecule has 1 N–H and O–H groups in total. The quantitative estimate of drug-likeness (QED) is 0.839. The van der Waals surface area contributed by atoms with Crippen LogP contribution in [0.2, 0.25) is 0 Å². The van der Waals surface area contributed by atoms with Crippen LogP contribution in [0.5, 0.6) is 0 Å². The van der Waals surface area contributed by atoms with Gasteiger partial charge in [-0.2, -0.15) is 0 Å². The molecule has 1 aliphatic rings. The summed E-state index contributed by atoms with van der Waals surface area (Å²) in [5.41, 5.74) is 0.921. The van der Waals surface area contributed by atoms with Crippen LogP contribution in [0, 0.1) is 0 Å². The van der Waals surface area contributed by atoms with Crippen molar-refractivity contribution in [3.8, 4) is 0 Å². The molecule has 2 heterocycles. The number of carboxylic acid groups (broad SMARTS) is 1. The Kier molecular flexibility index (Phi) is 3.23. The minimum Gasteiger partial charge on any atom is -0.477 e. The zero-order valence-corrected chi connectivity index (χ0v) is 8.87. The molecule has 0 amide bonds. The van der Waals surface area contributed by atoms with E-state index >= 15 is 0 Å². The molecule has 80 valence electrons. The van der Waals surface area contributed by atoms with Crippen LogP contribution in [-0.4, -0.2) is 34.5 Å². The Morgan fingerprint density at radius 1 is 1.60 bits per heavy atom. The van der Waals surface area contributed by atoms with Crippen molar-refractivity contribution in [3.63, 3.8) is 0 Å². The molecule has 15 heavy (non-hydrogen) atoms. The van der Waals surface area contributed by atoms with Crippen molar-refractivity contribution in [2.45, 2.75) is 11.0 Å². The van der Waals surface area contributed by atoms with Crippen molar-refractivity contribution in [2.24, 2.45) is 0 Å². The highest BCUT2D eigenvalue weighted by molar-refractivity contribution is 7.99. The van der Waals surface area contributed by atoms with Gasteiger partial charge in [0, 0.05) is 5.75 Å². The van der Waals surface area contributed by atoms with Crippen LogP contribution in [-0.2, 0) is 10.5 Å². The minimum absolute atomic E-state index is 0.109. The number of carboxylic acids is 1. The highest BCUT2D eigenvalue weighted by atomic mass is 32.2. The van der Waals surface area contributed by atoms with Crippen LogP contribution in [0.3, 0.4) is 0 Å². The van der Waals surface area contributed by atoms with Crippen LogP contribution in [0.1, 0.15) is 16.2 Å². The van der Waals surface area contributed by atoms with Gasteiger partial charge in [-0.05, 0) is 12.1 Å². The molecule has 2 rings (SSSR count). The van der Waals surface area contributed by atoms with E-state index in [1.165, 1.54) is 6.07 Å². The number of ether oxygens (including phenoxy) is 1. The van der Waals surface area contributed by atoms with Crippen molar-refractivity contribution in [1.29, 1.82) is 0 Å². The molecule has 1 fully saturated rings. The van der Waals surface area contributed by atoms with E-state index in [9.17, 15) is 4.79 Å². The molecule has 4 nitrogen and oxygen atoms in total. The van der Waals surface area contributed by atoms with Gasteiger partial charge >= 0.3 is 5.97 Å². The zero-order valence-electron chi connectivity index (χ0n) is 8.05. The van der Waals surface area contributed by atoms with Crippen LogP contribution < -0.4 is 0 Å². The predicted octanol–water partition coefficient (Wildman–Crippen LogP) is 1.41. The third kappa shape index (κ3) is 2.70. The van der Waals surface area contributed by atoms with Gasteiger partial charge in [0.2, 0.25) is 0 Å². The maximum atomic E-state index is 10.7. The summed E-state index contributed by atoms with van der Waals surface area (Å²) < 4.78 is 5.05. The number of nitrogens with zero attached hydrogens (tertiary/aromatic N) is 1. The lowest BCUT2D eigenvalue weighted by atomic mass is 10.3. The summed E-state index contributed by atoms with van der Waals surface area (Å²) in [6.45, 7) is 1.59. The normalized spacial score (nSPS) is 16.0. The summed E-state index contributed by atoms with van der Waals surface area (Å²) in [5, 5.41) is 9.30. The van der Waals surface area contributed by atoms with Crippen molar-refractivity contribution < 1.29 is 14.6 Å². The lowest BCUT2D eigenvalue weighted by Gasteiger charge is -2.24. The molecule has 0 bridgehead atoms. The van der Waals surface area contributed by atoms with E-state index < -0.39 is 5.97 Å². The van der Waals surface area contributed by atoms with Crippen molar-refractivity contribution >= 4 is 17.7 Å². The van der Waals surface area contributed by atoms with Crippen LogP contribution in [0.4, 0.5) is 0 Å². The second kappa shape index (κ2) is 4.63. The molecule has 0 radical (unpaired) electrons. The molecule has 1 saturated heterocycles. The van der Waals surface area contributed by atoms with Gasteiger partial charge in [-0.1, -0.05) is 6.07 Å². The maximum Gasteiger partial charge on any atom is 0.354 e. The highest BCUT2D eigenvalue weighted by Gasteiger charge is 2.18. The molecule has 0 aliphatic carbocycles. The average Bonchev–Trinajstić information content (AvgIpc) is 2.16. The van der Waals surface area contributed by atoms with Gasteiger partial charge in [0.25, 0.3) is 0 Å². The Morgan fingerprint density at radius 3 is 3.00 bits per heavy atom. The topological polar surface area (TPSA) is 59.4 Å². The second-order valence-electron chi connectivity index (χ2n) is 3.29. The molecule has 0 unspecified atom stereocenters. The Balaban J connectivity index is 1.94. The van der Waals surface area contributed by atoms with Crippen LogP contribution in [0.25, 0.3) is 0 Å². The summed E-state index contributed by atoms with van der Waals surface area (Å²) in [6, 6.07) is 5.07. The maximum absolute atomic E-state index is 10.7. The van der Waals surface area contributed by atoms with E-state index in [1.807, 2.05) is 6.07 Å². The largest absolute Gasteiger partial charge is 0.477 e. The lowest BCUT2D eigenvalue weighted by molar-refractivity contribution is 0.0455. The summed E-state index contributed by atoms with van der Waals surface area (Å²) in [5.74, 6) is -0.233. The zero-order chi connectivity index (χ0) is 10.7. The van der Waals surface area contributed by atoms with E-state index in [4.69, 9.17) is 9.84 Å². The number of hydrogen-bond donors (Lipinski definition) is 1. The summed E-state index contributed by atoms with van der Waals surface area (Å²) in [4.78, 5) is 14.7. The third-order valence-corrected chi connectivity index (χ3v) is 3.31. The molecule has 1 aromatic heterocycles. The number of aromatic carboxylic acids is 1. The molecule has 0 atom stereocenters. The molecule has 5 heteroatoms. The summed E-state index contributed by atoms with van der Waals surface area (Å²) >= 11 is 1.76. The number of carbonyl (C=O) groups is 1. The molecular weight excluding hydrogens is 214 g/mol. The smallest absolute Gasteiger partial charge is 0.354 e. The van der Waals surface area contributed by atoms with Gasteiger partial charge < -0.3 is 9.84 Å². The third-order valence-electron chi connectivity index (χ3n) is 2.10. The van der Waals surface area contributed by atoms with Crippen molar-refractivity contribution in [1.82, 2.24) is 4.98 Å². The Hall–Kier alpha value is -1.07. The summed E-state index contributed by atoms with van der Waals surface area (Å²) in [7, 11) is 0. The fourth-order valence-electron chi connectivity index (χ4n) is 1.19. The van der Waals surface area contributed by atoms with Gasteiger partial charge in [-0.3, -0.25) is 0 Å². The van der Waals surface area contributed by atoms with Gasteiger partial charge in [-0.25, -0.2) is 9.78 Å². The number of pyridine rings is 1. The fourth-order valence-corrected chi connectivity index (χ4v) is 2.14. The average molecular weight is 225 g/mol. The Morgan fingerprint density at radius 2 is 2.40 bits per heavy atom. The standard InChI is InChI=1S/C10H11NO3S/c12-10(13)9-3-1-2-7(11-9)6-15-8-4-14-5-8/h1-3,8H,4-6H2,(H,12,13). The fraction of sp³-hybridized carbons (Fsp3) is 0.400. The van der Waals surface area contributed by atoms with Crippen LogP contribution >= 0.6 is 11.8 Å². The Bertz CT molecular complexity index is 365. The van der Waals surface area contributed by atoms with E-state index in [2.05, 4.69) is 4.98 Å². The second-order valence-corrected chi connectivity index (χ2v) is 4.58. The van der Waals surface area contributed by atoms with Gasteiger partial charge in [0.1, 0.15) is 5.69 Å². The lowest BCUT2D eigenvalue weighted by Crippen LogP contribution is -2.30. The first-order valence-electron chi connectivity index (χ1n) is 4.64. The number of thioether (sulfide) groups is 1. The first kappa shape index (κ1) is 10.4. The number of hydrogen-bond acceptors (Lipinski definition) is 4. The first-order valence-corrected chi connectivity index (χ1v) is 5.69. The van der Waals surface area contributed by atoms with E-state index in [1.54, 1.807) is 17.8 Å². The SMILES string of the molecule is O=C(O)c1cccc(CSC2COC2)n1. The first-order chi connectivity index (χ1) is 7.25. The molecule has 0 aromatic carbocycles. The molecular formula is C10H11NO3S. The van der Waals surface area contributed by atoms with E-state index in [-0.39, 0.29) is 5.69 Å². The molecule has 1 aliphatic heterocycles. The van der Waals surface area contributed by atoms with Gasteiger partial charge in [-0.15, -0.1) is 11.8 Å². The van der Waals surface area contributed by atoms with Gasteiger partial charge in [0.15, 0.2) is 0 Å². The predicted molar refractivity (Wildman–Crippen MR) is 57.1 cm³/mol. The highest BCUT2D eigenvalue weighted by Crippen LogP contribution is 2.22. The number of rotatable bonds is 4. The monoisotopic (exact) mass is 225 g/mol. The van der Waals surface area contributed by atoms with Crippen LogP contribution in [0.15, 0.2) is 18.2 Å². The van der Waals surface area contributed by atoms with Crippen molar-refractivity contribution in [3.05, 3.63) is 29.6 Å².